The Balaban J connectivity index is 0.00000484. The third kappa shape index (κ3) is 9.75. The van der Waals surface area contributed by atoms with Crippen LogP contribution in [-0.2, 0) is 0 Å². The van der Waals surface area contributed by atoms with Crippen molar-refractivity contribution in [1.29, 1.82) is 0 Å². The summed E-state index contributed by atoms with van der Waals surface area (Å²) in [7, 11) is 1.49. The van der Waals surface area contributed by atoms with Crippen LogP contribution in [0.4, 0.5) is 13.2 Å². The first-order chi connectivity index (χ1) is 10.3. The van der Waals surface area contributed by atoms with Crippen LogP contribution in [0.3, 0.4) is 0 Å². The van der Waals surface area contributed by atoms with E-state index in [9.17, 15) is 13.2 Å². The fourth-order valence-corrected chi connectivity index (χ4v) is 1.76. The molecule has 0 radical (unpaired) electrons. The topological polar surface area (TPSA) is 45.7 Å². The summed E-state index contributed by atoms with van der Waals surface area (Å²) >= 11 is 5.98. The highest BCUT2D eigenvalue weighted by atomic mass is 127. The molecule has 1 aromatic carbocycles. The highest BCUT2D eigenvalue weighted by Crippen LogP contribution is 2.24. The number of nitrogens with one attached hydrogen (secondary N) is 2. The van der Waals surface area contributed by atoms with Gasteiger partial charge >= 0.3 is 6.18 Å². The van der Waals surface area contributed by atoms with Gasteiger partial charge < -0.3 is 15.4 Å². The van der Waals surface area contributed by atoms with E-state index in [4.69, 9.17) is 16.3 Å². The van der Waals surface area contributed by atoms with Crippen molar-refractivity contribution in [2.45, 2.75) is 25.6 Å². The SMILES string of the molecule is CN=C(NCCC(F)(F)F)NCC(C)Oc1ccccc1Cl.I. The predicted octanol–water partition coefficient (Wildman–Crippen LogP) is 3.84. The van der Waals surface area contributed by atoms with Gasteiger partial charge in [0.2, 0.25) is 0 Å². The molecule has 1 rings (SSSR count). The van der Waals surface area contributed by atoms with E-state index < -0.39 is 12.6 Å². The van der Waals surface area contributed by atoms with Crippen molar-refractivity contribution in [3.8, 4) is 5.75 Å². The Morgan fingerprint density at radius 3 is 2.52 bits per heavy atom. The summed E-state index contributed by atoms with van der Waals surface area (Å²) < 4.78 is 41.9. The Labute approximate surface area is 155 Å². The number of rotatable bonds is 6. The van der Waals surface area contributed by atoms with Gasteiger partial charge in [0, 0.05) is 13.6 Å². The van der Waals surface area contributed by atoms with Crippen LogP contribution in [0.25, 0.3) is 0 Å². The molecule has 0 amide bonds. The Kier molecular flexibility index (Phi) is 10.4. The van der Waals surface area contributed by atoms with Crippen molar-refractivity contribution in [2.75, 3.05) is 20.1 Å². The maximum Gasteiger partial charge on any atom is 0.390 e. The molecule has 1 atom stereocenters. The van der Waals surface area contributed by atoms with Gasteiger partial charge in [0.15, 0.2) is 5.96 Å². The van der Waals surface area contributed by atoms with E-state index in [0.717, 1.165) is 0 Å². The van der Waals surface area contributed by atoms with Crippen LogP contribution in [0, 0.1) is 0 Å². The van der Waals surface area contributed by atoms with Crippen molar-refractivity contribution >= 4 is 41.5 Å². The first kappa shape index (κ1) is 22.1. The normalized spacial score (nSPS) is 13.0. The molecule has 0 aliphatic carbocycles. The molecule has 1 unspecified atom stereocenters. The Hall–Kier alpha value is -0.900. The molecule has 23 heavy (non-hydrogen) atoms. The minimum atomic E-state index is -4.19. The fraction of sp³-hybridized carbons (Fsp3) is 0.500. The van der Waals surface area contributed by atoms with E-state index in [1.54, 1.807) is 24.3 Å². The average molecular weight is 466 g/mol. The molecule has 0 aromatic heterocycles. The number of para-hydroxylation sites is 1. The summed E-state index contributed by atoms with van der Waals surface area (Å²) in [5.41, 5.74) is 0. The van der Waals surface area contributed by atoms with Gasteiger partial charge in [-0.05, 0) is 19.1 Å². The van der Waals surface area contributed by atoms with Gasteiger partial charge in [0.1, 0.15) is 11.9 Å². The zero-order valence-electron chi connectivity index (χ0n) is 12.8. The lowest BCUT2D eigenvalue weighted by Crippen LogP contribution is -2.42. The molecule has 1 aromatic rings. The summed E-state index contributed by atoms with van der Waals surface area (Å²) in [5, 5.41) is 5.99. The molecule has 0 spiro atoms. The Bertz CT molecular complexity index is 500. The molecule has 4 nitrogen and oxygen atoms in total. The van der Waals surface area contributed by atoms with E-state index in [0.29, 0.717) is 23.3 Å². The monoisotopic (exact) mass is 465 g/mol. The lowest BCUT2D eigenvalue weighted by Gasteiger charge is -2.18. The van der Waals surface area contributed by atoms with Crippen molar-refractivity contribution in [3.05, 3.63) is 29.3 Å². The lowest BCUT2D eigenvalue weighted by atomic mass is 10.3. The third-order valence-corrected chi connectivity index (χ3v) is 2.96. The molecular weight excluding hydrogens is 446 g/mol. The summed E-state index contributed by atoms with van der Waals surface area (Å²) in [5.74, 6) is 0.845. The molecule has 0 heterocycles. The van der Waals surface area contributed by atoms with Gasteiger partial charge in [0.05, 0.1) is 18.0 Å². The molecule has 0 fully saturated rings. The van der Waals surface area contributed by atoms with Crippen LogP contribution in [0.5, 0.6) is 5.75 Å². The minimum Gasteiger partial charge on any atom is -0.487 e. The summed E-state index contributed by atoms with van der Waals surface area (Å²) in [4.78, 5) is 3.85. The van der Waals surface area contributed by atoms with Crippen LogP contribution in [0.2, 0.25) is 5.02 Å². The standard InChI is InChI=1S/C14H19ClF3N3O.HI/c1-10(22-12-6-4-3-5-11(12)15)9-21-13(19-2)20-8-7-14(16,17)18;/h3-6,10H,7-9H2,1-2H3,(H2,19,20,21);1H. The number of aliphatic imine (C=N–C) groups is 1. The highest BCUT2D eigenvalue weighted by Gasteiger charge is 2.26. The molecule has 132 valence electrons. The van der Waals surface area contributed by atoms with Crippen LogP contribution in [-0.4, -0.2) is 38.4 Å². The second-order valence-corrected chi connectivity index (χ2v) is 5.01. The molecule has 0 saturated heterocycles. The number of alkyl halides is 3. The van der Waals surface area contributed by atoms with Crippen LogP contribution < -0.4 is 15.4 Å². The average Bonchev–Trinajstić information content (AvgIpc) is 2.44. The van der Waals surface area contributed by atoms with E-state index in [1.165, 1.54) is 7.05 Å². The second-order valence-electron chi connectivity index (χ2n) is 4.60. The van der Waals surface area contributed by atoms with Gasteiger partial charge in [-0.2, -0.15) is 13.2 Å². The van der Waals surface area contributed by atoms with Gasteiger partial charge in [0.25, 0.3) is 0 Å². The van der Waals surface area contributed by atoms with Gasteiger partial charge in [-0.1, -0.05) is 23.7 Å². The van der Waals surface area contributed by atoms with E-state index in [2.05, 4.69) is 15.6 Å². The number of benzene rings is 1. The van der Waals surface area contributed by atoms with Crippen molar-refractivity contribution in [1.82, 2.24) is 10.6 Å². The molecule has 0 saturated carbocycles. The zero-order valence-corrected chi connectivity index (χ0v) is 15.9. The van der Waals surface area contributed by atoms with Gasteiger partial charge in [-0.15, -0.1) is 24.0 Å². The first-order valence-electron chi connectivity index (χ1n) is 6.74. The zero-order chi connectivity index (χ0) is 16.6. The fourth-order valence-electron chi connectivity index (χ4n) is 1.58. The van der Waals surface area contributed by atoms with E-state index in [-0.39, 0.29) is 36.6 Å². The lowest BCUT2D eigenvalue weighted by molar-refractivity contribution is -0.132. The van der Waals surface area contributed by atoms with E-state index >= 15 is 0 Å². The van der Waals surface area contributed by atoms with Crippen molar-refractivity contribution < 1.29 is 17.9 Å². The third-order valence-electron chi connectivity index (χ3n) is 2.65. The number of hydrogen-bond donors (Lipinski definition) is 2. The van der Waals surface area contributed by atoms with Crippen molar-refractivity contribution in [3.63, 3.8) is 0 Å². The predicted molar refractivity (Wildman–Crippen MR) is 97.0 cm³/mol. The highest BCUT2D eigenvalue weighted by molar-refractivity contribution is 14.0. The summed E-state index contributed by atoms with van der Waals surface area (Å²) in [6.45, 7) is 1.96. The molecule has 0 bridgehead atoms. The minimum absolute atomic E-state index is 0. The van der Waals surface area contributed by atoms with Crippen LogP contribution in [0.15, 0.2) is 29.3 Å². The first-order valence-corrected chi connectivity index (χ1v) is 7.12. The number of guanidine groups is 1. The number of halogens is 5. The Morgan fingerprint density at radius 2 is 1.96 bits per heavy atom. The number of ether oxygens (including phenoxy) is 1. The maximum absolute atomic E-state index is 12.1. The number of nitrogens with zero attached hydrogens (tertiary/aromatic N) is 1. The van der Waals surface area contributed by atoms with Crippen molar-refractivity contribution in [2.24, 2.45) is 4.99 Å². The second kappa shape index (κ2) is 10.8. The molecule has 9 heteroatoms. The summed E-state index contributed by atoms with van der Waals surface area (Å²) in [6.07, 6.45) is -5.34. The molecule has 0 aliphatic rings. The van der Waals surface area contributed by atoms with Crippen LogP contribution >= 0.6 is 35.6 Å². The smallest absolute Gasteiger partial charge is 0.390 e. The Morgan fingerprint density at radius 1 is 1.30 bits per heavy atom. The molecule has 2 N–H and O–H groups in total. The number of hydrogen-bond acceptors (Lipinski definition) is 2. The molecular formula is C14H20ClF3IN3O. The van der Waals surface area contributed by atoms with Crippen LogP contribution in [0.1, 0.15) is 13.3 Å². The summed E-state index contributed by atoms with van der Waals surface area (Å²) in [6, 6.07) is 7.06. The van der Waals surface area contributed by atoms with Gasteiger partial charge in [-0.25, -0.2) is 0 Å². The maximum atomic E-state index is 12.1. The quantitative estimate of drug-likeness (QED) is 0.381. The van der Waals surface area contributed by atoms with Gasteiger partial charge in [-0.3, -0.25) is 4.99 Å². The molecule has 0 aliphatic heterocycles. The largest absolute Gasteiger partial charge is 0.487 e. The van der Waals surface area contributed by atoms with E-state index in [1.807, 2.05) is 6.92 Å².